The molecule has 0 saturated carbocycles. The summed E-state index contributed by atoms with van der Waals surface area (Å²) in [6.45, 7) is 1.84. The number of carbonyl (C=O) groups is 1. The molecule has 0 aliphatic heterocycles. The SMILES string of the molecule is Cc1nc2cccnc2n1-c1cc(C(=O)Nc2ccccc2F)ccc1Cl. The number of nitrogens with zero attached hydrogens (tertiary/aromatic N) is 3. The summed E-state index contributed by atoms with van der Waals surface area (Å²) in [5, 5.41) is 3.02. The number of hydrogen-bond donors (Lipinski definition) is 1. The molecule has 1 N–H and O–H groups in total. The maximum absolute atomic E-state index is 13.8. The molecule has 1 amide bonds. The van der Waals surface area contributed by atoms with E-state index in [0.29, 0.717) is 27.7 Å². The van der Waals surface area contributed by atoms with E-state index in [4.69, 9.17) is 11.6 Å². The number of para-hydroxylation sites is 1. The largest absolute Gasteiger partial charge is 0.319 e. The zero-order valence-corrected chi connectivity index (χ0v) is 15.0. The van der Waals surface area contributed by atoms with Crippen LogP contribution in [0.2, 0.25) is 5.02 Å². The van der Waals surface area contributed by atoms with Crippen molar-refractivity contribution < 1.29 is 9.18 Å². The van der Waals surface area contributed by atoms with Crippen LogP contribution in [0.5, 0.6) is 0 Å². The lowest BCUT2D eigenvalue weighted by Crippen LogP contribution is -2.13. The van der Waals surface area contributed by atoms with Crippen LogP contribution < -0.4 is 5.32 Å². The number of amides is 1. The number of rotatable bonds is 3. The van der Waals surface area contributed by atoms with Gasteiger partial charge >= 0.3 is 0 Å². The third-order valence-corrected chi connectivity index (χ3v) is 4.47. The van der Waals surface area contributed by atoms with Gasteiger partial charge in [-0.05, 0) is 49.4 Å². The molecule has 134 valence electrons. The van der Waals surface area contributed by atoms with E-state index >= 15 is 0 Å². The summed E-state index contributed by atoms with van der Waals surface area (Å²) in [6, 6.07) is 14.5. The molecule has 27 heavy (non-hydrogen) atoms. The molecule has 5 nitrogen and oxygen atoms in total. The van der Waals surface area contributed by atoms with Crippen molar-refractivity contribution in [3.63, 3.8) is 0 Å². The van der Waals surface area contributed by atoms with Crippen molar-refractivity contribution in [1.29, 1.82) is 0 Å². The van der Waals surface area contributed by atoms with E-state index < -0.39 is 11.7 Å². The number of halogens is 2. The molecule has 0 atom stereocenters. The molecule has 0 radical (unpaired) electrons. The van der Waals surface area contributed by atoms with E-state index in [-0.39, 0.29) is 5.69 Å². The summed E-state index contributed by atoms with van der Waals surface area (Å²) >= 11 is 6.38. The average Bonchev–Trinajstić information content (AvgIpc) is 2.99. The smallest absolute Gasteiger partial charge is 0.255 e. The Balaban J connectivity index is 1.77. The highest BCUT2D eigenvalue weighted by Crippen LogP contribution is 2.27. The van der Waals surface area contributed by atoms with Gasteiger partial charge in [0.25, 0.3) is 5.91 Å². The van der Waals surface area contributed by atoms with Crippen LogP contribution in [0.25, 0.3) is 16.9 Å². The van der Waals surface area contributed by atoms with Crippen LogP contribution in [0.15, 0.2) is 60.8 Å². The number of anilines is 1. The summed E-state index contributed by atoms with van der Waals surface area (Å²) in [4.78, 5) is 21.4. The fraction of sp³-hybridized carbons (Fsp3) is 0.0500. The third kappa shape index (κ3) is 3.15. The Hall–Kier alpha value is -3.25. The first-order valence-corrected chi connectivity index (χ1v) is 8.58. The molecule has 0 unspecified atom stereocenters. The van der Waals surface area contributed by atoms with E-state index in [0.717, 1.165) is 5.52 Å². The number of nitrogens with one attached hydrogen (secondary N) is 1. The fourth-order valence-corrected chi connectivity index (χ4v) is 3.10. The molecule has 2 aromatic carbocycles. The Bertz CT molecular complexity index is 1170. The second-order valence-electron chi connectivity index (χ2n) is 5.94. The van der Waals surface area contributed by atoms with Crippen molar-refractivity contribution in [1.82, 2.24) is 14.5 Å². The van der Waals surface area contributed by atoms with Crippen molar-refractivity contribution >= 4 is 34.4 Å². The topological polar surface area (TPSA) is 59.8 Å². The normalized spacial score (nSPS) is 10.9. The van der Waals surface area contributed by atoms with Gasteiger partial charge < -0.3 is 5.32 Å². The highest BCUT2D eigenvalue weighted by molar-refractivity contribution is 6.32. The molecule has 0 saturated heterocycles. The van der Waals surface area contributed by atoms with Crippen LogP contribution in [0.3, 0.4) is 0 Å². The second kappa shape index (κ2) is 6.81. The van der Waals surface area contributed by atoms with Gasteiger partial charge in [0.05, 0.1) is 16.4 Å². The van der Waals surface area contributed by atoms with Crippen LogP contribution >= 0.6 is 11.6 Å². The molecule has 0 fully saturated rings. The van der Waals surface area contributed by atoms with Gasteiger partial charge in [0.1, 0.15) is 17.2 Å². The van der Waals surface area contributed by atoms with Gasteiger partial charge in [-0.2, -0.15) is 0 Å². The molecular weight excluding hydrogens is 367 g/mol. The maximum Gasteiger partial charge on any atom is 0.255 e. The zero-order valence-electron chi connectivity index (χ0n) is 14.3. The summed E-state index contributed by atoms with van der Waals surface area (Å²) in [5.41, 5.74) is 2.41. The number of benzene rings is 2. The molecule has 0 spiro atoms. The Morgan fingerprint density at radius 3 is 2.78 bits per heavy atom. The molecule has 4 rings (SSSR count). The van der Waals surface area contributed by atoms with Crippen molar-refractivity contribution in [3.05, 3.63) is 83.0 Å². The Labute approximate surface area is 159 Å². The van der Waals surface area contributed by atoms with Crippen LogP contribution in [0.4, 0.5) is 10.1 Å². The van der Waals surface area contributed by atoms with E-state index in [9.17, 15) is 9.18 Å². The number of hydrogen-bond acceptors (Lipinski definition) is 3. The second-order valence-corrected chi connectivity index (χ2v) is 6.35. The minimum atomic E-state index is -0.499. The predicted molar refractivity (Wildman–Crippen MR) is 103 cm³/mol. The first kappa shape index (κ1) is 17.2. The number of fused-ring (bicyclic) bond motifs is 1. The highest BCUT2D eigenvalue weighted by Gasteiger charge is 2.16. The maximum atomic E-state index is 13.8. The first-order chi connectivity index (χ1) is 13.0. The predicted octanol–water partition coefficient (Wildman–Crippen LogP) is 4.77. The van der Waals surface area contributed by atoms with Crippen LogP contribution in [0, 0.1) is 12.7 Å². The van der Waals surface area contributed by atoms with Crippen molar-refractivity contribution in [2.75, 3.05) is 5.32 Å². The lowest BCUT2D eigenvalue weighted by molar-refractivity contribution is 0.102. The Kier molecular flexibility index (Phi) is 4.33. The van der Waals surface area contributed by atoms with Gasteiger partial charge in [-0.15, -0.1) is 0 Å². The number of carbonyl (C=O) groups excluding carboxylic acids is 1. The molecule has 2 aromatic heterocycles. The third-order valence-electron chi connectivity index (χ3n) is 4.16. The van der Waals surface area contributed by atoms with Crippen LogP contribution in [-0.4, -0.2) is 20.4 Å². The minimum absolute atomic E-state index is 0.116. The van der Waals surface area contributed by atoms with E-state index in [1.807, 2.05) is 13.0 Å². The summed E-state index contributed by atoms with van der Waals surface area (Å²) in [5.74, 6) is -0.244. The molecule has 7 heteroatoms. The molecular formula is C20H14ClFN4O. The highest BCUT2D eigenvalue weighted by atomic mass is 35.5. The first-order valence-electron chi connectivity index (χ1n) is 8.20. The molecule has 0 aliphatic carbocycles. The quantitative estimate of drug-likeness (QED) is 0.556. The van der Waals surface area contributed by atoms with Gasteiger partial charge in [0.15, 0.2) is 5.65 Å². The molecule has 0 aliphatic rings. The summed E-state index contributed by atoms with van der Waals surface area (Å²) in [7, 11) is 0. The van der Waals surface area contributed by atoms with Crippen LogP contribution in [0.1, 0.15) is 16.2 Å². The van der Waals surface area contributed by atoms with E-state index in [1.165, 1.54) is 12.1 Å². The molecule has 4 aromatic rings. The number of pyridine rings is 1. The van der Waals surface area contributed by atoms with E-state index in [2.05, 4.69) is 15.3 Å². The van der Waals surface area contributed by atoms with Crippen molar-refractivity contribution in [3.8, 4) is 5.69 Å². The zero-order chi connectivity index (χ0) is 19.0. The van der Waals surface area contributed by atoms with Gasteiger partial charge in [-0.1, -0.05) is 23.7 Å². The average molecular weight is 381 g/mol. The monoisotopic (exact) mass is 380 g/mol. The minimum Gasteiger partial charge on any atom is -0.319 e. The lowest BCUT2D eigenvalue weighted by atomic mass is 10.1. The summed E-state index contributed by atoms with van der Waals surface area (Å²) < 4.78 is 15.6. The molecule has 2 heterocycles. The van der Waals surface area contributed by atoms with Gasteiger partial charge in [0, 0.05) is 11.8 Å². The van der Waals surface area contributed by atoms with Gasteiger partial charge in [0.2, 0.25) is 0 Å². The van der Waals surface area contributed by atoms with E-state index in [1.54, 1.807) is 47.2 Å². The standard InChI is InChI=1S/C20H14ClFN4O/c1-12-24-17-7-4-10-23-19(17)26(12)18-11-13(8-9-14(18)21)20(27)25-16-6-3-2-5-15(16)22/h2-11H,1H3,(H,25,27). The Morgan fingerprint density at radius 1 is 1.15 bits per heavy atom. The number of aryl methyl sites for hydroxylation is 1. The van der Waals surface area contributed by atoms with Gasteiger partial charge in [-0.25, -0.2) is 14.4 Å². The molecule has 0 bridgehead atoms. The van der Waals surface area contributed by atoms with Gasteiger partial charge in [-0.3, -0.25) is 9.36 Å². The van der Waals surface area contributed by atoms with Crippen LogP contribution in [-0.2, 0) is 0 Å². The number of imidazole rings is 1. The fourth-order valence-electron chi connectivity index (χ4n) is 2.90. The summed E-state index contributed by atoms with van der Waals surface area (Å²) in [6.07, 6.45) is 1.67. The van der Waals surface area contributed by atoms with Crippen molar-refractivity contribution in [2.24, 2.45) is 0 Å². The number of aromatic nitrogens is 3. The Morgan fingerprint density at radius 2 is 1.96 bits per heavy atom. The van der Waals surface area contributed by atoms with Crippen molar-refractivity contribution in [2.45, 2.75) is 6.92 Å². The lowest BCUT2D eigenvalue weighted by Gasteiger charge is -2.11.